The molecule has 0 aromatic carbocycles. The molecule has 2 rings (SSSR count). The van der Waals surface area contributed by atoms with Crippen molar-refractivity contribution in [1.29, 1.82) is 0 Å². The fourth-order valence-electron chi connectivity index (χ4n) is 3.00. The number of amides is 1. The van der Waals surface area contributed by atoms with Crippen molar-refractivity contribution < 1.29 is 21.8 Å². The van der Waals surface area contributed by atoms with Crippen molar-refractivity contribution in [1.82, 2.24) is 4.90 Å². The number of carbonyl (C=O) groups is 1. The van der Waals surface area contributed by atoms with Crippen molar-refractivity contribution in [3.05, 3.63) is 0 Å². The van der Waals surface area contributed by atoms with Crippen LogP contribution in [0, 0.1) is 5.41 Å². The lowest BCUT2D eigenvalue weighted by atomic mass is 9.63. The SMILES string of the molecule is CC(C)(C)OC(=O)N1CCC2(CC1)CC(S(=O)(=O)F)C2. The number of ether oxygens (including phenoxy) is 1. The Kier molecular flexibility index (Phi) is 3.77. The smallest absolute Gasteiger partial charge is 0.410 e. The summed E-state index contributed by atoms with van der Waals surface area (Å²) < 4.78 is 39.8. The first-order valence-electron chi connectivity index (χ1n) is 6.92. The third-order valence-corrected chi connectivity index (χ3v) is 5.32. The Morgan fingerprint density at radius 1 is 1.25 bits per heavy atom. The topological polar surface area (TPSA) is 63.7 Å². The van der Waals surface area contributed by atoms with Crippen LogP contribution in [0.4, 0.5) is 8.68 Å². The Morgan fingerprint density at radius 2 is 1.75 bits per heavy atom. The summed E-state index contributed by atoms with van der Waals surface area (Å²) in [6.07, 6.45) is 1.87. The molecule has 2 fully saturated rings. The summed E-state index contributed by atoms with van der Waals surface area (Å²) in [4.78, 5) is 13.5. The van der Waals surface area contributed by atoms with Crippen molar-refractivity contribution >= 4 is 16.3 Å². The molecule has 1 amide bonds. The molecule has 0 bridgehead atoms. The van der Waals surface area contributed by atoms with Crippen molar-refractivity contribution in [3.8, 4) is 0 Å². The van der Waals surface area contributed by atoms with Crippen molar-refractivity contribution in [2.24, 2.45) is 5.41 Å². The van der Waals surface area contributed by atoms with Crippen LogP contribution >= 0.6 is 0 Å². The molecule has 0 aromatic heterocycles. The summed E-state index contributed by atoms with van der Waals surface area (Å²) in [5, 5.41) is -0.837. The van der Waals surface area contributed by atoms with E-state index in [-0.39, 0.29) is 11.5 Å². The molecule has 0 unspecified atom stereocenters. The van der Waals surface area contributed by atoms with E-state index in [0.717, 1.165) is 12.8 Å². The number of rotatable bonds is 1. The van der Waals surface area contributed by atoms with Crippen LogP contribution in [0.3, 0.4) is 0 Å². The normalized spacial score (nSPS) is 23.5. The highest BCUT2D eigenvalue weighted by Crippen LogP contribution is 2.51. The van der Waals surface area contributed by atoms with Crippen LogP contribution in [-0.2, 0) is 15.0 Å². The maximum Gasteiger partial charge on any atom is 0.410 e. The second-order valence-corrected chi connectivity index (χ2v) is 8.59. The van der Waals surface area contributed by atoms with Crippen LogP contribution in [0.15, 0.2) is 0 Å². The van der Waals surface area contributed by atoms with E-state index >= 15 is 0 Å². The average molecular weight is 307 g/mol. The molecule has 1 aliphatic heterocycles. The van der Waals surface area contributed by atoms with Gasteiger partial charge in [0, 0.05) is 13.1 Å². The molecule has 1 saturated carbocycles. The van der Waals surface area contributed by atoms with Gasteiger partial charge in [-0.05, 0) is 51.9 Å². The third-order valence-electron chi connectivity index (χ3n) is 4.20. The van der Waals surface area contributed by atoms with Gasteiger partial charge in [0.05, 0.1) is 5.25 Å². The van der Waals surface area contributed by atoms with Gasteiger partial charge in [0.2, 0.25) is 0 Å². The molecule has 0 radical (unpaired) electrons. The first-order chi connectivity index (χ1) is 9.01. The quantitative estimate of drug-likeness (QED) is 0.698. The number of piperidine rings is 1. The highest BCUT2D eigenvalue weighted by atomic mass is 32.3. The van der Waals surface area contributed by atoms with E-state index < -0.39 is 21.1 Å². The first kappa shape index (κ1) is 15.5. The molecule has 2 aliphatic rings. The van der Waals surface area contributed by atoms with Gasteiger partial charge < -0.3 is 9.64 Å². The lowest BCUT2D eigenvalue weighted by molar-refractivity contribution is -0.00462. The molecule has 1 aliphatic carbocycles. The highest BCUT2D eigenvalue weighted by molar-refractivity contribution is 7.87. The Bertz CT molecular complexity index is 481. The molecule has 0 N–H and O–H groups in total. The molecular weight excluding hydrogens is 285 g/mol. The fraction of sp³-hybridized carbons (Fsp3) is 0.923. The third kappa shape index (κ3) is 3.42. The summed E-state index contributed by atoms with van der Waals surface area (Å²) in [6.45, 7) is 6.55. The number of carbonyl (C=O) groups excluding carboxylic acids is 1. The predicted molar refractivity (Wildman–Crippen MR) is 72.5 cm³/mol. The zero-order valence-electron chi connectivity index (χ0n) is 12.2. The van der Waals surface area contributed by atoms with Crippen LogP contribution in [0.2, 0.25) is 0 Å². The summed E-state index contributed by atoms with van der Waals surface area (Å²) >= 11 is 0. The van der Waals surface area contributed by atoms with Crippen LogP contribution < -0.4 is 0 Å². The Hall–Kier alpha value is -0.850. The largest absolute Gasteiger partial charge is 0.444 e. The minimum atomic E-state index is -4.40. The average Bonchev–Trinajstić information content (AvgIpc) is 2.22. The van der Waals surface area contributed by atoms with E-state index in [1.807, 2.05) is 20.8 Å². The predicted octanol–water partition coefficient (Wildman–Crippen LogP) is 2.47. The Morgan fingerprint density at radius 3 is 2.15 bits per heavy atom. The van der Waals surface area contributed by atoms with E-state index in [4.69, 9.17) is 4.74 Å². The lowest BCUT2D eigenvalue weighted by Crippen LogP contribution is -2.52. The van der Waals surface area contributed by atoms with Crippen LogP contribution in [0.25, 0.3) is 0 Å². The van der Waals surface area contributed by atoms with Gasteiger partial charge in [-0.25, -0.2) is 4.79 Å². The number of likely N-dealkylation sites (tertiary alicyclic amines) is 1. The molecule has 5 nitrogen and oxygen atoms in total. The molecule has 1 spiro atoms. The van der Waals surface area contributed by atoms with E-state index in [9.17, 15) is 17.1 Å². The van der Waals surface area contributed by atoms with Gasteiger partial charge >= 0.3 is 16.3 Å². The van der Waals surface area contributed by atoms with Gasteiger partial charge in [-0.15, -0.1) is 3.89 Å². The number of hydrogen-bond donors (Lipinski definition) is 0. The Labute approximate surface area is 119 Å². The van der Waals surface area contributed by atoms with Crippen molar-refractivity contribution in [3.63, 3.8) is 0 Å². The second kappa shape index (κ2) is 4.86. The van der Waals surface area contributed by atoms with Gasteiger partial charge in [0.25, 0.3) is 0 Å². The van der Waals surface area contributed by atoms with Crippen LogP contribution in [0.1, 0.15) is 46.5 Å². The van der Waals surface area contributed by atoms with E-state index in [0.29, 0.717) is 25.9 Å². The maximum atomic E-state index is 12.9. The number of hydrogen-bond acceptors (Lipinski definition) is 4. The molecular formula is C13H22FNO4S. The van der Waals surface area contributed by atoms with Gasteiger partial charge in [-0.2, -0.15) is 8.42 Å². The molecule has 1 heterocycles. The monoisotopic (exact) mass is 307 g/mol. The van der Waals surface area contributed by atoms with Crippen molar-refractivity contribution in [2.75, 3.05) is 13.1 Å². The molecule has 116 valence electrons. The molecule has 20 heavy (non-hydrogen) atoms. The summed E-state index contributed by atoms with van der Waals surface area (Å²) in [5.41, 5.74) is -0.613. The molecule has 1 saturated heterocycles. The van der Waals surface area contributed by atoms with E-state index in [2.05, 4.69) is 0 Å². The number of nitrogens with zero attached hydrogens (tertiary/aromatic N) is 1. The molecule has 7 heteroatoms. The van der Waals surface area contributed by atoms with Gasteiger partial charge in [-0.3, -0.25) is 0 Å². The lowest BCUT2D eigenvalue weighted by Gasteiger charge is -2.50. The van der Waals surface area contributed by atoms with E-state index in [1.54, 1.807) is 4.90 Å². The highest BCUT2D eigenvalue weighted by Gasteiger charge is 2.51. The standard InChI is InChI=1S/C13H22FNO4S/c1-12(2,3)19-11(16)15-6-4-13(5-7-15)8-10(9-13)20(14,17)18/h10H,4-9H2,1-3H3. The van der Waals surface area contributed by atoms with E-state index in [1.165, 1.54) is 0 Å². The first-order valence-corrected chi connectivity index (χ1v) is 8.37. The maximum absolute atomic E-state index is 12.9. The van der Waals surface area contributed by atoms with Crippen molar-refractivity contribution in [2.45, 2.75) is 57.3 Å². The fourth-order valence-corrected chi connectivity index (χ4v) is 4.11. The Balaban J connectivity index is 1.84. The van der Waals surface area contributed by atoms with Gasteiger partial charge in [0.1, 0.15) is 5.60 Å². The zero-order valence-corrected chi connectivity index (χ0v) is 13.0. The molecule has 0 atom stereocenters. The minimum Gasteiger partial charge on any atom is -0.444 e. The van der Waals surface area contributed by atoms with Gasteiger partial charge in [-0.1, -0.05) is 0 Å². The summed E-state index contributed by atoms with van der Waals surface area (Å²) in [7, 11) is -4.40. The summed E-state index contributed by atoms with van der Waals surface area (Å²) in [6, 6.07) is 0. The second-order valence-electron chi connectivity index (χ2n) is 6.97. The summed E-state index contributed by atoms with van der Waals surface area (Å²) in [5.74, 6) is 0. The van der Waals surface area contributed by atoms with Crippen LogP contribution in [0.5, 0.6) is 0 Å². The van der Waals surface area contributed by atoms with Crippen LogP contribution in [-0.4, -0.2) is 43.4 Å². The number of halogens is 1. The molecule has 0 aromatic rings. The van der Waals surface area contributed by atoms with Gasteiger partial charge in [0.15, 0.2) is 0 Å². The zero-order chi connectivity index (χ0) is 15.2. The minimum absolute atomic E-state index is 0.0949.